The lowest BCUT2D eigenvalue weighted by Crippen LogP contribution is -2.23. The lowest BCUT2D eigenvalue weighted by Gasteiger charge is -2.15. The number of pyridine rings is 1. The zero-order valence-electron chi connectivity index (χ0n) is 10.2. The molecule has 1 rings (SSSR count). The van der Waals surface area contributed by atoms with E-state index < -0.39 is 0 Å². The molecular weight excluding hydrogens is 205 g/mol. The van der Waals surface area contributed by atoms with E-state index in [4.69, 9.17) is 0 Å². The Morgan fingerprint density at radius 2 is 2.19 bits per heavy atom. The zero-order chi connectivity index (χ0) is 12.0. The van der Waals surface area contributed by atoms with Crippen LogP contribution in [0.15, 0.2) is 18.5 Å². The molecule has 0 aromatic carbocycles. The summed E-state index contributed by atoms with van der Waals surface area (Å²) in [6.45, 7) is 4.00. The van der Waals surface area contributed by atoms with E-state index in [1.54, 1.807) is 6.20 Å². The molecule has 1 N–H and O–H groups in total. The van der Waals surface area contributed by atoms with Crippen LogP contribution < -0.4 is 5.32 Å². The lowest BCUT2D eigenvalue weighted by atomic mass is 10.1. The van der Waals surface area contributed by atoms with Crippen molar-refractivity contribution < 1.29 is 4.39 Å². The summed E-state index contributed by atoms with van der Waals surface area (Å²) in [5, 5.41) is 3.35. The van der Waals surface area contributed by atoms with E-state index in [-0.39, 0.29) is 11.9 Å². The van der Waals surface area contributed by atoms with Crippen LogP contribution in [0.5, 0.6) is 0 Å². The summed E-state index contributed by atoms with van der Waals surface area (Å²) < 4.78 is 12.9. The lowest BCUT2D eigenvalue weighted by molar-refractivity contribution is 0.389. The van der Waals surface area contributed by atoms with Crippen LogP contribution in [0.4, 0.5) is 4.39 Å². The molecule has 0 fully saturated rings. The Bertz CT molecular complexity index is 315. The highest BCUT2D eigenvalue weighted by molar-refractivity contribution is 5.14. The molecular formula is C12H20FN3. The molecule has 4 heteroatoms. The molecule has 0 spiro atoms. The number of hydrogen-bond acceptors (Lipinski definition) is 3. The Morgan fingerprint density at radius 3 is 2.81 bits per heavy atom. The summed E-state index contributed by atoms with van der Waals surface area (Å²) in [5.41, 5.74) is 0.893. The van der Waals surface area contributed by atoms with Gasteiger partial charge in [0, 0.05) is 12.2 Å². The molecule has 1 aromatic rings. The molecule has 0 radical (unpaired) electrons. The normalized spacial score (nSPS) is 13.1. The fourth-order valence-corrected chi connectivity index (χ4v) is 1.50. The van der Waals surface area contributed by atoms with E-state index in [9.17, 15) is 4.39 Å². The Balaban J connectivity index is 2.32. The quantitative estimate of drug-likeness (QED) is 0.749. The molecule has 0 saturated heterocycles. The fourth-order valence-electron chi connectivity index (χ4n) is 1.50. The van der Waals surface area contributed by atoms with Gasteiger partial charge in [-0.25, -0.2) is 4.39 Å². The number of aromatic nitrogens is 1. The molecule has 0 aliphatic carbocycles. The van der Waals surface area contributed by atoms with Crippen molar-refractivity contribution in [2.75, 3.05) is 27.2 Å². The van der Waals surface area contributed by atoms with Crippen LogP contribution in [0.3, 0.4) is 0 Å². The van der Waals surface area contributed by atoms with Crippen molar-refractivity contribution in [1.82, 2.24) is 15.2 Å². The van der Waals surface area contributed by atoms with Crippen LogP contribution in [-0.2, 0) is 0 Å². The second-order valence-corrected chi connectivity index (χ2v) is 4.27. The van der Waals surface area contributed by atoms with Gasteiger partial charge in [-0.2, -0.15) is 0 Å². The van der Waals surface area contributed by atoms with Crippen LogP contribution in [0, 0.1) is 5.82 Å². The van der Waals surface area contributed by atoms with Gasteiger partial charge >= 0.3 is 0 Å². The molecule has 0 aliphatic rings. The zero-order valence-corrected chi connectivity index (χ0v) is 10.2. The summed E-state index contributed by atoms with van der Waals surface area (Å²) in [5.74, 6) is -0.278. The maximum atomic E-state index is 12.9. The van der Waals surface area contributed by atoms with Crippen molar-refractivity contribution in [3.8, 4) is 0 Å². The minimum Gasteiger partial charge on any atom is -0.310 e. The first-order valence-electron chi connectivity index (χ1n) is 5.58. The average molecular weight is 225 g/mol. The standard InChI is InChI=1S/C12H20FN3/c1-10(15-5-4-6-16(2)3)11-7-12(13)9-14-8-11/h7-10,15H,4-6H2,1-3H3. The molecule has 0 saturated carbocycles. The second kappa shape index (κ2) is 6.55. The van der Waals surface area contributed by atoms with Gasteiger partial charge < -0.3 is 10.2 Å². The van der Waals surface area contributed by atoms with Gasteiger partial charge in [0.2, 0.25) is 0 Å². The number of nitrogens with zero attached hydrogens (tertiary/aromatic N) is 2. The van der Waals surface area contributed by atoms with Crippen molar-refractivity contribution >= 4 is 0 Å². The third kappa shape index (κ3) is 4.68. The summed E-state index contributed by atoms with van der Waals surface area (Å²) in [7, 11) is 4.11. The van der Waals surface area contributed by atoms with E-state index in [0.717, 1.165) is 25.1 Å². The maximum Gasteiger partial charge on any atom is 0.141 e. The van der Waals surface area contributed by atoms with Gasteiger partial charge in [-0.3, -0.25) is 4.98 Å². The molecule has 90 valence electrons. The Labute approximate surface area is 96.7 Å². The van der Waals surface area contributed by atoms with Crippen molar-refractivity contribution in [1.29, 1.82) is 0 Å². The van der Waals surface area contributed by atoms with Crippen LogP contribution >= 0.6 is 0 Å². The van der Waals surface area contributed by atoms with E-state index >= 15 is 0 Å². The highest BCUT2D eigenvalue weighted by atomic mass is 19.1. The Hall–Kier alpha value is -1.00. The highest BCUT2D eigenvalue weighted by Gasteiger charge is 2.05. The van der Waals surface area contributed by atoms with Crippen molar-refractivity contribution in [2.24, 2.45) is 0 Å². The van der Waals surface area contributed by atoms with E-state index in [1.807, 2.05) is 6.92 Å². The van der Waals surface area contributed by atoms with Crippen molar-refractivity contribution in [3.05, 3.63) is 29.8 Å². The number of hydrogen-bond donors (Lipinski definition) is 1. The number of halogens is 1. The third-order valence-corrected chi connectivity index (χ3v) is 2.46. The summed E-state index contributed by atoms with van der Waals surface area (Å²) >= 11 is 0. The molecule has 3 nitrogen and oxygen atoms in total. The van der Waals surface area contributed by atoms with Gasteiger partial charge in [0.15, 0.2) is 0 Å². The van der Waals surface area contributed by atoms with Crippen molar-refractivity contribution in [3.63, 3.8) is 0 Å². The van der Waals surface area contributed by atoms with E-state index in [0.29, 0.717) is 0 Å². The molecule has 16 heavy (non-hydrogen) atoms. The Morgan fingerprint density at radius 1 is 1.44 bits per heavy atom. The predicted octanol–water partition coefficient (Wildman–Crippen LogP) is 1.82. The summed E-state index contributed by atoms with van der Waals surface area (Å²) in [6, 6.07) is 1.67. The largest absolute Gasteiger partial charge is 0.310 e. The molecule has 1 atom stereocenters. The first-order valence-corrected chi connectivity index (χ1v) is 5.58. The second-order valence-electron chi connectivity index (χ2n) is 4.27. The van der Waals surface area contributed by atoms with Crippen LogP contribution in [0.25, 0.3) is 0 Å². The van der Waals surface area contributed by atoms with Gasteiger partial charge in [-0.1, -0.05) is 0 Å². The van der Waals surface area contributed by atoms with E-state index in [1.165, 1.54) is 12.3 Å². The molecule has 0 aliphatic heterocycles. The van der Waals surface area contributed by atoms with Crippen LogP contribution in [-0.4, -0.2) is 37.1 Å². The number of nitrogens with one attached hydrogen (secondary N) is 1. The smallest absolute Gasteiger partial charge is 0.141 e. The van der Waals surface area contributed by atoms with E-state index in [2.05, 4.69) is 29.3 Å². The van der Waals surface area contributed by atoms with Gasteiger partial charge in [0.1, 0.15) is 5.82 Å². The molecule has 0 amide bonds. The minimum atomic E-state index is -0.278. The average Bonchev–Trinajstić information content (AvgIpc) is 2.24. The van der Waals surface area contributed by atoms with Gasteiger partial charge in [-0.05, 0) is 52.2 Å². The third-order valence-electron chi connectivity index (χ3n) is 2.46. The Kier molecular flexibility index (Phi) is 5.35. The maximum absolute atomic E-state index is 12.9. The summed E-state index contributed by atoms with van der Waals surface area (Å²) in [4.78, 5) is 5.99. The first-order chi connectivity index (χ1) is 7.59. The molecule has 0 bridgehead atoms. The van der Waals surface area contributed by atoms with Crippen LogP contribution in [0.2, 0.25) is 0 Å². The predicted molar refractivity (Wildman–Crippen MR) is 63.8 cm³/mol. The molecule has 1 unspecified atom stereocenters. The fraction of sp³-hybridized carbons (Fsp3) is 0.583. The van der Waals surface area contributed by atoms with Crippen LogP contribution in [0.1, 0.15) is 24.9 Å². The number of rotatable bonds is 6. The highest BCUT2D eigenvalue weighted by Crippen LogP contribution is 2.11. The monoisotopic (exact) mass is 225 g/mol. The summed E-state index contributed by atoms with van der Waals surface area (Å²) in [6.07, 6.45) is 4.01. The molecule has 1 aromatic heterocycles. The van der Waals surface area contributed by atoms with Gasteiger partial charge in [0.05, 0.1) is 6.20 Å². The first kappa shape index (κ1) is 13.1. The van der Waals surface area contributed by atoms with Crippen molar-refractivity contribution in [2.45, 2.75) is 19.4 Å². The minimum absolute atomic E-state index is 0.144. The van der Waals surface area contributed by atoms with Gasteiger partial charge in [0.25, 0.3) is 0 Å². The molecule has 1 heterocycles. The SMILES string of the molecule is CC(NCCCN(C)C)c1cncc(F)c1. The topological polar surface area (TPSA) is 28.2 Å². The van der Waals surface area contributed by atoms with Gasteiger partial charge in [-0.15, -0.1) is 0 Å².